The highest BCUT2D eigenvalue weighted by Gasteiger charge is 2.77. The second-order valence-corrected chi connectivity index (χ2v) is 8.20. The third-order valence-electron chi connectivity index (χ3n) is 7.27. The lowest BCUT2D eigenvalue weighted by molar-refractivity contribution is -0.159. The lowest BCUT2D eigenvalue weighted by Gasteiger charge is -2.38. The molecule has 1 aromatic carbocycles. The summed E-state index contributed by atoms with van der Waals surface area (Å²) < 4.78 is 16.0. The molecule has 0 saturated carbocycles. The molecule has 3 fully saturated rings. The first kappa shape index (κ1) is 18.4. The zero-order chi connectivity index (χ0) is 20.7. The Kier molecular flexibility index (Phi) is 3.79. The topological polar surface area (TPSA) is 99.2 Å². The number of ketones is 2. The van der Waals surface area contributed by atoms with E-state index >= 15 is 0 Å². The van der Waals surface area contributed by atoms with Crippen LogP contribution in [0, 0.1) is 23.7 Å². The van der Waals surface area contributed by atoms with E-state index in [9.17, 15) is 19.2 Å². The van der Waals surface area contributed by atoms with Gasteiger partial charge in [-0.2, -0.15) is 0 Å². The van der Waals surface area contributed by atoms with E-state index in [0.29, 0.717) is 17.7 Å². The molecular formula is C21H21NO7. The molecule has 1 spiro atoms. The second-order valence-electron chi connectivity index (χ2n) is 8.20. The van der Waals surface area contributed by atoms with Crippen molar-refractivity contribution >= 4 is 23.5 Å². The Labute approximate surface area is 167 Å². The third-order valence-corrected chi connectivity index (χ3v) is 7.27. The molecule has 29 heavy (non-hydrogen) atoms. The summed E-state index contributed by atoms with van der Waals surface area (Å²) in [7, 11) is 4.27. The summed E-state index contributed by atoms with van der Waals surface area (Å²) in [5.74, 6) is -4.14. The van der Waals surface area contributed by atoms with Crippen LogP contribution in [0.4, 0.5) is 0 Å². The van der Waals surface area contributed by atoms with E-state index < -0.39 is 47.4 Å². The summed E-state index contributed by atoms with van der Waals surface area (Å²) >= 11 is 0. The van der Waals surface area contributed by atoms with Gasteiger partial charge >= 0.3 is 11.9 Å². The standard InChI is InChI=1S/C21H21NO7/c1-22-8-11-14(21(22)17(23)9-6-4-5-7-10(9)18(21)24)16-13(20(26)28-3)12(15(11)29-16)19(25)27-2/h4-7,11-16H,8H2,1-3H3/t11?,12?,13?,14?,15-,16+/m0/s1. The molecule has 2 bridgehead atoms. The van der Waals surface area contributed by atoms with Crippen molar-refractivity contribution in [3.63, 3.8) is 0 Å². The number of methoxy groups -OCH3 is 2. The van der Waals surface area contributed by atoms with Crippen LogP contribution in [0.15, 0.2) is 24.3 Å². The van der Waals surface area contributed by atoms with Crippen molar-refractivity contribution in [2.75, 3.05) is 27.8 Å². The van der Waals surface area contributed by atoms with Gasteiger partial charge in [-0.15, -0.1) is 0 Å². The number of carbonyl (C=O) groups excluding carboxylic acids is 4. The number of nitrogens with zero attached hydrogens (tertiary/aromatic N) is 1. The molecule has 8 heteroatoms. The molecule has 152 valence electrons. The van der Waals surface area contributed by atoms with Crippen molar-refractivity contribution in [1.82, 2.24) is 4.90 Å². The summed E-state index contributed by atoms with van der Waals surface area (Å²) in [4.78, 5) is 53.9. The number of fused-ring (bicyclic) bond motifs is 7. The van der Waals surface area contributed by atoms with Gasteiger partial charge in [0.15, 0.2) is 17.1 Å². The van der Waals surface area contributed by atoms with Crippen molar-refractivity contribution in [1.29, 1.82) is 0 Å². The molecule has 1 aromatic rings. The number of esters is 2. The number of Topliss-reactive ketones (excluding diaryl/α,β-unsaturated/α-hetero) is 2. The van der Waals surface area contributed by atoms with E-state index in [4.69, 9.17) is 14.2 Å². The minimum absolute atomic E-state index is 0.239. The summed E-state index contributed by atoms with van der Waals surface area (Å²) in [5.41, 5.74) is -0.625. The van der Waals surface area contributed by atoms with Crippen LogP contribution in [0.25, 0.3) is 0 Å². The number of likely N-dealkylation sites (tertiary alicyclic amines) is 1. The van der Waals surface area contributed by atoms with Crippen molar-refractivity contribution in [3.05, 3.63) is 35.4 Å². The van der Waals surface area contributed by atoms with Crippen LogP contribution in [0.3, 0.4) is 0 Å². The largest absolute Gasteiger partial charge is 0.469 e. The van der Waals surface area contributed by atoms with Gasteiger partial charge < -0.3 is 14.2 Å². The molecule has 4 unspecified atom stereocenters. The molecule has 0 amide bonds. The Morgan fingerprint density at radius 2 is 1.52 bits per heavy atom. The second kappa shape index (κ2) is 5.96. The lowest BCUT2D eigenvalue weighted by Crippen LogP contribution is -2.60. The average molecular weight is 399 g/mol. The van der Waals surface area contributed by atoms with Crippen molar-refractivity contribution in [2.24, 2.45) is 23.7 Å². The summed E-state index contributed by atoms with van der Waals surface area (Å²) in [6, 6.07) is 6.79. The zero-order valence-corrected chi connectivity index (χ0v) is 16.3. The minimum atomic E-state index is -1.42. The maximum atomic E-state index is 13.6. The molecule has 3 saturated heterocycles. The molecule has 4 aliphatic rings. The fraction of sp³-hybridized carbons (Fsp3) is 0.524. The number of benzene rings is 1. The highest BCUT2D eigenvalue weighted by Crippen LogP contribution is 2.61. The molecule has 1 aliphatic carbocycles. The van der Waals surface area contributed by atoms with E-state index in [1.807, 2.05) is 0 Å². The van der Waals surface area contributed by atoms with E-state index in [-0.39, 0.29) is 17.5 Å². The molecule has 8 nitrogen and oxygen atoms in total. The lowest BCUT2D eigenvalue weighted by atomic mass is 9.63. The summed E-state index contributed by atoms with van der Waals surface area (Å²) in [6.45, 7) is 0.415. The molecule has 0 N–H and O–H groups in total. The highest BCUT2D eigenvalue weighted by molar-refractivity contribution is 6.33. The van der Waals surface area contributed by atoms with Gasteiger partial charge in [0, 0.05) is 29.5 Å². The van der Waals surface area contributed by atoms with Gasteiger partial charge in [0.2, 0.25) is 0 Å². The Hall–Kier alpha value is -2.58. The fourth-order valence-corrected chi connectivity index (χ4v) is 6.24. The molecule has 3 aliphatic heterocycles. The van der Waals surface area contributed by atoms with Crippen LogP contribution in [0.1, 0.15) is 20.7 Å². The molecule has 6 atom stereocenters. The van der Waals surface area contributed by atoms with Gasteiger partial charge in [-0.3, -0.25) is 24.1 Å². The molecule has 0 radical (unpaired) electrons. The Morgan fingerprint density at radius 1 is 1.00 bits per heavy atom. The maximum Gasteiger partial charge on any atom is 0.312 e. The van der Waals surface area contributed by atoms with E-state index in [1.54, 1.807) is 36.2 Å². The van der Waals surface area contributed by atoms with Crippen LogP contribution in [0.2, 0.25) is 0 Å². The molecule has 0 aromatic heterocycles. The van der Waals surface area contributed by atoms with Crippen molar-refractivity contribution in [2.45, 2.75) is 17.7 Å². The number of hydrogen-bond donors (Lipinski definition) is 0. The quantitative estimate of drug-likeness (QED) is 0.519. The number of hydrogen-bond acceptors (Lipinski definition) is 8. The van der Waals surface area contributed by atoms with Crippen LogP contribution in [0.5, 0.6) is 0 Å². The molecule has 3 heterocycles. The molecule has 5 rings (SSSR count). The Bertz CT molecular complexity index is 921. The first-order valence-corrected chi connectivity index (χ1v) is 9.60. The van der Waals surface area contributed by atoms with Crippen LogP contribution >= 0.6 is 0 Å². The van der Waals surface area contributed by atoms with E-state index in [2.05, 4.69) is 0 Å². The van der Waals surface area contributed by atoms with Crippen LogP contribution in [-0.2, 0) is 23.8 Å². The van der Waals surface area contributed by atoms with Gasteiger partial charge in [0.1, 0.15) is 0 Å². The number of likely N-dealkylation sites (N-methyl/N-ethyl adjacent to an activating group) is 1. The minimum Gasteiger partial charge on any atom is -0.469 e. The zero-order valence-electron chi connectivity index (χ0n) is 16.3. The Balaban J connectivity index is 1.64. The maximum absolute atomic E-state index is 13.6. The fourth-order valence-electron chi connectivity index (χ4n) is 6.24. The highest BCUT2D eigenvalue weighted by atomic mass is 16.6. The monoisotopic (exact) mass is 399 g/mol. The van der Waals surface area contributed by atoms with Gasteiger partial charge in [0.25, 0.3) is 0 Å². The Morgan fingerprint density at radius 3 is 2.03 bits per heavy atom. The average Bonchev–Trinajstić information content (AvgIpc) is 3.43. The van der Waals surface area contributed by atoms with Gasteiger partial charge in [-0.25, -0.2) is 0 Å². The first-order valence-electron chi connectivity index (χ1n) is 9.60. The predicted octanol–water partition coefficient (Wildman–Crippen LogP) is 0.342. The number of rotatable bonds is 2. The third kappa shape index (κ3) is 1.96. The normalized spacial score (nSPS) is 36.4. The van der Waals surface area contributed by atoms with Crippen LogP contribution < -0.4 is 0 Å². The number of ether oxygens (including phenoxy) is 3. The van der Waals surface area contributed by atoms with Gasteiger partial charge in [0.05, 0.1) is 38.3 Å². The summed E-state index contributed by atoms with van der Waals surface area (Å²) in [6.07, 6.45) is -1.37. The number of carbonyl (C=O) groups is 4. The predicted molar refractivity (Wildman–Crippen MR) is 97.1 cm³/mol. The van der Waals surface area contributed by atoms with Crippen LogP contribution in [-0.4, -0.2) is 74.0 Å². The summed E-state index contributed by atoms with van der Waals surface area (Å²) in [5, 5.41) is 0. The first-order chi connectivity index (χ1) is 13.9. The van der Waals surface area contributed by atoms with E-state index in [0.717, 1.165) is 0 Å². The van der Waals surface area contributed by atoms with Crippen molar-refractivity contribution < 1.29 is 33.4 Å². The smallest absolute Gasteiger partial charge is 0.312 e. The SMILES string of the molecule is COC(=O)C1C(C(=O)OC)[C@H]2O[C@H]1C1C2CN(C)C12C(=O)c1ccccc1C2=O. The van der Waals surface area contributed by atoms with Gasteiger partial charge in [-0.05, 0) is 7.05 Å². The van der Waals surface area contributed by atoms with Crippen molar-refractivity contribution in [3.8, 4) is 0 Å². The molecular weight excluding hydrogens is 378 g/mol. The van der Waals surface area contributed by atoms with Gasteiger partial charge in [-0.1, -0.05) is 24.3 Å². The van der Waals surface area contributed by atoms with E-state index in [1.165, 1.54) is 14.2 Å².